The third-order valence-electron chi connectivity index (χ3n) is 4.73. The van der Waals surface area contributed by atoms with Gasteiger partial charge in [-0.2, -0.15) is 4.73 Å². The zero-order chi connectivity index (χ0) is 19.9. The summed E-state index contributed by atoms with van der Waals surface area (Å²) in [5, 5.41) is 10.7. The number of halogens is 1. The van der Waals surface area contributed by atoms with E-state index in [1.165, 1.54) is 0 Å². The molecule has 1 aliphatic rings. The minimum Gasteiger partial charge on any atom is -0.444 e. The highest BCUT2D eigenvalue weighted by Gasteiger charge is 2.37. The number of carbonyl (C=O) groups is 1. The van der Waals surface area contributed by atoms with Gasteiger partial charge in [0.2, 0.25) is 0 Å². The van der Waals surface area contributed by atoms with Gasteiger partial charge in [-0.25, -0.2) is 9.78 Å². The zero-order valence-corrected chi connectivity index (χ0v) is 18.0. The van der Waals surface area contributed by atoms with Crippen LogP contribution in [0.15, 0.2) is 22.7 Å². The molecule has 1 N–H and O–H groups in total. The second-order valence-corrected chi connectivity index (χ2v) is 8.92. The Morgan fingerprint density at radius 1 is 1.33 bits per heavy atom. The number of aryl methyl sites for hydroxylation is 1. The van der Waals surface area contributed by atoms with Gasteiger partial charge in [-0.3, -0.25) is 4.90 Å². The summed E-state index contributed by atoms with van der Waals surface area (Å²) >= 11 is 3.48. The molecule has 0 unspecified atom stereocenters. The summed E-state index contributed by atoms with van der Waals surface area (Å²) in [7, 11) is 0. The number of nitrogens with zero attached hydrogens (tertiary/aromatic N) is 3. The number of amides is 1. The molecule has 0 saturated carbocycles. The second kappa shape index (κ2) is 7.19. The molecule has 3 rings (SSSR count). The number of benzene rings is 1. The standard InChI is InChI=1S/C20H26BrN3O3/c1-12-11-14(21)8-9-15(12)17-13(2)24(26)18(22-17)16-7-6-10-23(16)19(25)27-20(3,4)5/h8-9,11,16,26H,6-7,10H2,1-5H3/t16-/m0/s1. The van der Waals surface area contributed by atoms with Gasteiger partial charge >= 0.3 is 6.09 Å². The van der Waals surface area contributed by atoms with Crippen molar-refractivity contribution < 1.29 is 14.7 Å². The topological polar surface area (TPSA) is 67.6 Å². The molecule has 0 aliphatic carbocycles. The molecule has 0 radical (unpaired) electrons. The van der Waals surface area contributed by atoms with Gasteiger partial charge in [0.1, 0.15) is 5.60 Å². The minimum absolute atomic E-state index is 0.298. The number of ether oxygens (including phenoxy) is 1. The van der Waals surface area contributed by atoms with Gasteiger partial charge in [-0.1, -0.05) is 22.0 Å². The van der Waals surface area contributed by atoms with E-state index in [9.17, 15) is 10.0 Å². The van der Waals surface area contributed by atoms with Crippen LogP contribution in [0.2, 0.25) is 0 Å². The van der Waals surface area contributed by atoms with Crippen LogP contribution in [0, 0.1) is 13.8 Å². The van der Waals surface area contributed by atoms with Gasteiger partial charge in [-0.15, -0.1) is 0 Å². The minimum atomic E-state index is -0.561. The summed E-state index contributed by atoms with van der Waals surface area (Å²) in [6, 6.07) is 5.67. The van der Waals surface area contributed by atoms with Crippen molar-refractivity contribution in [1.29, 1.82) is 0 Å². The van der Waals surface area contributed by atoms with Gasteiger partial charge in [-0.05, 0) is 65.2 Å². The molecule has 1 aromatic carbocycles. The van der Waals surface area contributed by atoms with E-state index in [1.54, 1.807) is 4.90 Å². The first-order valence-corrected chi connectivity index (χ1v) is 9.92. The largest absolute Gasteiger partial charge is 0.444 e. The molecule has 1 saturated heterocycles. The van der Waals surface area contributed by atoms with E-state index in [2.05, 4.69) is 15.9 Å². The molecule has 0 bridgehead atoms. The van der Waals surface area contributed by atoms with E-state index in [1.807, 2.05) is 52.8 Å². The van der Waals surface area contributed by atoms with Crippen LogP contribution in [0.5, 0.6) is 0 Å². The lowest BCUT2D eigenvalue weighted by Gasteiger charge is -2.28. The fourth-order valence-corrected chi connectivity index (χ4v) is 3.93. The first-order chi connectivity index (χ1) is 12.6. The molecular weight excluding hydrogens is 410 g/mol. The Morgan fingerprint density at radius 2 is 2.04 bits per heavy atom. The average Bonchev–Trinajstić information content (AvgIpc) is 3.13. The maximum atomic E-state index is 12.6. The maximum Gasteiger partial charge on any atom is 0.410 e. The molecule has 1 aliphatic heterocycles. The molecular formula is C20H26BrN3O3. The van der Waals surface area contributed by atoms with Crippen molar-refractivity contribution in [1.82, 2.24) is 14.6 Å². The normalized spacial score (nSPS) is 17.4. The van der Waals surface area contributed by atoms with Gasteiger partial charge < -0.3 is 9.94 Å². The lowest BCUT2D eigenvalue weighted by molar-refractivity contribution is 0.0199. The number of imidazole rings is 1. The first kappa shape index (κ1) is 19.7. The van der Waals surface area contributed by atoms with Crippen molar-refractivity contribution in [3.8, 4) is 11.3 Å². The summed E-state index contributed by atoms with van der Waals surface area (Å²) in [6.07, 6.45) is 1.23. The van der Waals surface area contributed by atoms with Crippen LogP contribution in [0.4, 0.5) is 4.79 Å². The predicted octanol–water partition coefficient (Wildman–Crippen LogP) is 5.24. The zero-order valence-electron chi connectivity index (χ0n) is 16.4. The van der Waals surface area contributed by atoms with Crippen LogP contribution in [0.1, 0.15) is 56.7 Å². The van der Waals surface area contributed by atoms with E-state index < -0.39 is 5.60 Å². The number of rotatable bonds is 2. The van der Waals surface area contributed by atoms with Crippen LogP contribution >= 0.6 is 15.9 Å². The summed E-state index contributed by atoms with van der Waals surface area (Å²) < 4.78 is 7.64. The summed E-state index contributed by atoms with van der Waals surface area (Å²) in [5.41, 5.74) is 2.85. The first-order valence-electron chi connectivity index (χ1n) is 9.13. The molecule has 6 nitrogen and oxygen atoms in total. The molecule has 1 atom stereocenters. The van der Waals surface area contributed by atoms with E-state index in [-0.39, 0.29) is 12.1 Å². The predicted molar refractivity (Wildman–Crippen MR) is 107 cm³/mol. The van der Waals surface area contributed by atoms with Gasteiger partial charge in [0.15, 0.2) is 5.82 Å². The molecule has 1 fully saturated rings. The van der Waals surface area contributed by atoms with Crippen LogP contribution in [0.25, 0.3) is 11.3 Å². The maximum absolute atomic E-state index is 12.6. The van der Waals surface area contributed by atoms with E-state index in [0.29, 0.717) is 18.1 Å². The Kier molecular flexibility index (Phi) is 5.25. The molecule has 2 aromatic rings. The SMILES string of the molecule is Cc1cc(Br)ccc1-c1nc([C@@H]2CCCN2C(=O)OC(C)(C)C)n(O)c1C. The number of hydrogen-bond acceptors (Lipinski definition) is 4. The van der Waals surface area contributed by atoms with Gasteiger partial charge in [0.05, 0.1) is 17.4 Å². The molecule has 7 heteroatoms. The Bertz CT molecular complexity index is 870. The third-order valence-corrected chi connectivity index (χ3v) is 5.22. The number of hydrogen-bond donors (Lipinski definition) is 1. The van der Waals surface area contributed by atoms with Crippen LogP contribution < -0.4 is 0 Å². The monoisotopic (exact) mass is 435 g/mol. The van der Waals surface area contributed by atoms with E-state index >= 15 is 0 Å². The van der Waals surface area contributed by atoms with E-state index in [4.69, 9.17) is 9.72 Å². The highest BCUT2D eigenvalue weighted by molar-refractivity contribution is 9.10. The number of aromatic nitrogens is 2. The van der Waals surface area contributed by atoms with Crippen molar-refractivity contribution >= 4 is 22.0 Å². The van der Waals surface area contributed by atoms with Crippen LogP contribution in [0.3, 0.4) is 0 Å². The van der Waals surface area contributed by atoms with Crippen molar-refractivity contribution in [2.45, 2.75) is 59.1 Å². The molecule has 1 aromatic heterocycles. The lowest BCUT2D eigenvalue weighted by atomic mass is 10.1. The second-order valence-electron chi connectivity index (χ2n) is 8.01. The average molecular weight is 436 g/mol. The Labute approximate surface area is 168 Å². The Balaban J connectivity index is 1.96. The van der Waals surface area contributed by atoms with Crippen molar-refractivity contribution in [2.75, 3.05) is 6.54 Å². The third kappa shape index (κ3) is 3.98. The van der Waals surface area contributed by atoms with Crippen molar-refractivity contribution in [3.05, 3.63) is 39.8 Å². The molecule has 0 spiro atoms. The highest BCUT2D eigenvalue weighted by Crippen LogP contribution is 2.36. The molecule has 2 heterocycles. The summed E-state index contributed by atoms with van der Waals surface area (Å²) in [6.45, 7) is 9.99. The highest BCUT2D eigenvalue weighted by atomic mass is 79.9. The van der Waals surface area contributed by atoms with Crippen molar-refractivity contribution in [2.24, 2.45) is 0 Å². The number of carbonyl (C=O) groups excluding carboxylic acids is 1. The van der Waals surface area contributed by atoms with Gasteiger partial charge in [0.25, 0.3) is 0 Å². The summed E-state index contributed by atoms with van der Waals surface area (Å²) in [4.78, 5) is 19.0. The fraction of sp³-hybridized carbons (Fsp3) is 0.500. The van der Waals surface area contributed by atoms with Crippen LogP contribution in [-0.2, 0) is 4.74 Å². The summed E-state index contributed by atoms with van der Waals surface area (Å²) in [5.74, 6) is 0.480. The van der Waals surface area contributed by atoms with Crippen molar-refractivity contribution in [3.63, 3.8) is 0 Å². The smallest absolute Gasteiger partial charge is 0.410 e. The molecule has 27 heavy (non-hydrogen) atoms. The van der Waals surface area contributed by atoms with E-state index in [0.717, 1.165) is 38.9 Å². The van der Waals surface area contributed by atoms with Crippen LogP contribution in [-0.4, -0.2) is 38.1 Å². The fourth-order valence-electron chi connectivity index (χ4n) is 3.45. The quantitative estimate of drug-likeness (QED) is 0.654. The molecule has 146 valence electrons. The lowest BCUT2D eigenvalue weighted by Crippen LogP contribution is -2.37. The molecule has 1 amide bonds. The Morgan fingerprint density at radius 3 is 2.67 bits per heavy atom. The number of likely N-dealkylation sites (tertiary alicyclic amines) is 1. The van der Waals surface area contributed by atoms with Gasteiger partial charge in [0, 0.05) is 16.6 Å². The Hall–Kier alpha value is -2.02.